The smallest absolute Gasteiger partial charge is 0.336 e. The molecule has 1 amide bonds. The number of Topliss-reactive ketones (excluding diaryl/α,β-unsaturated/α-hetero) is 2. The van der Waals surface area contributed by atoms with Crippen molar-refractivity contribution < 1.29 is 24.3 Å². The van der Waals surface area contributed by atoms with Crippen molar-refractivity contribution in [2.24, 2.45) is 0 Å². The van der Waals surface area contributed by atoms with Crippen molar-refractivity contribution in [2.75, 3.05) is 5.32 Å². The van der Waals surface area contributed by atoms with Gasteiger partial charge in [-0.2, -0.15) is 0 Å². The van der Waals surface area contributed by atoms with Crippen LogP contribution >= 0.6 is 11.6 Å². The van der Waals surface area contributed by atoms with Crippen LogP contribution < -0.4 is 5.32 Å². The molecular weight excluding hydrogens is 442 g/mol. The fraction of sp³-hybridized carbons (Fsp3) is 0.154. The minimum absolute atomic E-state index is 0.166. The molecule has 0 aliphatic carbocycles. The van der Waals surface area contributed by atoms with E-state index in [1.165, 1.54) is 26.0 Å². The summed E-state index contributed by atoms with van der Waals surface area (Å²) < 4.78 is 0. The number of ketones is 2. The maximum absolute atomic E-state index is 13.1. The molecule has 0 aliphatic heterocycles. The van der Waals surface area contributed by atoms with E-state index in [2.05, 4.69) is 5.32 Å². The highest BCUT2D eigenvalue weighted by Crippen LogP contribution is 2.30. The van der Waals surface area contributed by atoms with Gasteiger partial charge in [0.05, 0.1) is 16.8 Å². The molecule has 0 saturated carbocycles. The summed E-state index contributed by atoms with van der Waals surface area (Å²) in [6.07, 6.45) is 0. The highest BCUT2D eigenvalue weighted by atomic mass is 35.5. The van der Waals surface area contributed by atoms with Crippen LogP contribution in [0.4, 0.5) is 5.69 Å². The lowest BCUT2D eigenvalue weighted by Crippen LogP contribution is -2.19. The second-order valence-electron chi connectivity index (χ2n) is 7.80. The third kappa shape index (κ3) is 5.02. The monoisotopic (exact) mass is 463 g/mol. The third-order valence-electron chi connectivity index (χ3n) is 5.37. The number of rotatable bonds is 6. The van der Waals surface area contributed by atoms with Gasteiger partial charge in [0.15, 0.2) is 11.6 Å². The standard InChI is InChI=1S/C26H22ClNO5/c1-13-9-18(27)6-8-19(13)17-5-7-20(15(3)29)24(11-17)28-25(31)22-12-21(16(4)30)14(2)10-23(22)26(32)33/h5-12H,1-4H3,(H,28,31)(H,32,33). The summed E-state index contributed by atoms with van der Waals surface area (Å²) in [5.41, 5.74) is 3.35. The Morgan fingerprint density at radius 3 is 2.00 bits per heavy atom. The lowest BCUT2D eigenvalue weighted by molar-refractivity contribution is 0.0691. The second-order valence-corrected chi connectivity index (χ2v) is 8.24. The number of aromatic carboxylic acids is 1. The summed E-state index contributed by atoms with van der Waals surface area (Å²) in [4.78, 5) is 49.1. The number of carboxylic acid groups (broad SMARTS) is 1. The van der Waals surface area contributed by atoms with Crippen molar-refractivity contribution in [3.63, 3.8) is 0 Å². The van der Waals surface area contributed by atoms with E-state index in [-0.39, 0.29) is 39.5 Å². The average Bonchev–Trinajstić information content (AvgIpc) is 2.72. The molecule has 0 aromatic heterocycles. The van der Waals surface area contributed by atoms with Crippen molar-refractivity contribution in [3.05, 3.63) is 86.9 Å². The van der Waals surface area contributed by atoms with Crippen LogP contribution in [0.5, 0.6) is 0 Å². The number of carboxylic acids is 1. The topological polar surface area (TPSA) is 101 Å². The summed E-state index contributed by atoms with van der Waals surface area (Å²) in [6, 6.07) is 13.0. The number of benzene rings is 3. The molecule has 7 heteroatoms. The Bertz CT molecular complexity index is 1330. The van der Waals surface area contributed by atoms with Gasteiger partial charge in [-0.15, -0.1) is 0 Å². The molecule has 2 N–H and O–H groups in total. The summed E-state index contributed by atoms with van der Waals surface area (Å²) in [6.45, 7) is 6.22. The lowest BCUT2D eigenvalue weighted by Gasteiger charge is -2.15. The first-order valence-corrected chi connectivity index (χ1v) is 10.5. The summed E-state index contributed by atoms with van der Waals surface area (Å²) in [5, 5.41) is 12.9. The number of carbonyl (C=O) groups is 4. The van der Waals surface area contributed by atoms with E-state index < -0.39 is 11.9 Å². The van der Waals surface area contributed by atoms with Crippen LogP contribution in [0.3, 0.4) is 0 Å². The zero-order chi connectivity index (χ0) is 24.4. The first-order chi connectivity index (χ1) is 15.5. The lowest BCUT2D eigenvalue weighted by atomic mass is 9.95. The molecule has 3 aromatic carbocycles. The maximum atomic E-state index is 13.1. The molecule has 0 aliphatic rings. The predicted molar refractivity (Wildman–Crippen MR) is 128 cm³/mol. The molecule has 0 saturated heterocycles. The van der Waals surface area contributed by atoms with Gasteiger partial charge in [-0.3, -0.25) is 14.4 Å². The molecule has 0 unspecified atom stereocenters. The Hall–Kier alpha value is -3.77. The van der Waals surface area contributed by atoms with Crippen molar-refractivity contribution in [3.8, 4) is 11.1 Å². The van der Waals surface area contributed by atoms with Gasteiger partial charge in [-0.05, 0) is 86.3 Å². The molecule has 168 valence electrons. The normalized spacial score (nSPS) is 10.6. The van der Waals surface area contributed by atoms with Gasteiger partial charge < -0.3 is 10.4 Å². The largest absolute Gasteiger partial charge is 0.478 e. The van der Waals surface area contributed by atoms with Crippen LogP contribution in [0.25, 0.3) is 11.1 Å². The molecule has 0 bridgehead atoms. The van der Waals surface area contributed by atoms with Gasteiger partial charge in [-0.1, -0.05) is 23.7 Å². The van der Waals surface area contributed by atoms with Crippen molar-refractivity contribution in [2.45, 2.75) is 27.7 Å². The summed E-state index contributed by atoms with van der Waals surface area (Å²) in [7, 11) is 0. The molecule has 0 radical (unpaired) electrons. The van der Waals surface area contributed by atoms with Gasteiger partial charge in [-0.25, -0.2) is 4.79 Å². The number of nitrogens with one attached hydrogen (secondary N) is 1. The number of anilines is 1. The van der Waals surface area contributed by atoms with E-state index in [9.17, 15) is 24.3 Å². The molecule has 0 spiro atoms. The van der Waals surface area contributed by atoms with E-state index in [1.807, 2.05) is 19.1 Å². The Labute approximate surface area is 196 Å². The number of amides is 1. The molecule has 3 rings (SSSR count). The SMILES string of the molecule is CC(=O)c1cc(C(=O)Nc2cc(-c3ccc(Cl)cc3C)ccc2C(C)=O)c(C(=O)O)cc1C. The van der Waals surface area contributed by atoms with Gasteiger partial charge in [0.2, 0.25) is 0 Å². The fourth-order valence-corrected chi connectivity index (χ4v) is 3.94. The number of aryl methyl sites for hydroxylation is 2. The van der Waals surface area contributed by atoms with Crippen LogP contribution in [0.1, 0.15) is 66.4 Å². The Morgan fingerprint density at radius 1 is 0.758 bits per heavy atom. The number of carbonyl (C=O) groups excluding carboxylic acids is 3. The van der Waals surface area contributed by atoms with Crippen LogP contribution in [0.15, 0.2) is 48.5 Å². The Morgan fingerprint density at radius 2 is 1.42 bits per heavy atom. The molecule has 6 nitrogen and oxygen atoms in total. The van der Waals surface area contributed by atoms with E-state index >= 15 is 0 Å². The van der Waals surface area contributed by atoms with Crippen LogP contribution in [0, 0.1) is 13.8 Å². The minimum atomic E-state index is -1.30. The van der Waals surface area contributed by atoms with Gasteiger partial charge in [0.1, 0.15) is 0 Å². The predicted octanol–water partition coefficient (Wildman–Crippen LogP) is 5.98. The first kappa shape index (κ1) is 23.9. The zero-order valence-electron chi connectivity index (χ0n) is 18.6. The first-order valence-electron chi connectivity index (χ1n) is 10.1. The van der Waals surface area contributed by atoms with Crippen molar-refractivity contribution in [1.29, 1.82) is 0 Å². The molecular formula is C26H22ClNO5. The highest BCUT2D eigenvalue weighted by molar-refractivity contribution is 6.30. The highest BCUT2D eigenvalue weighted by Gasteiger charge is 2.22. The van der Waals surface area contributed by atoms with Gasteiger partial charge in [0.25, 0.3) is 5.91 Å². The number of hydrogen-bond donors (Lipinski definition) is 2. The maximum Gasteiger partial charge on any atom is 0.336 e. The Balaban J connectivity index is 2.11. The third-order valence-corrected chi connectivity index (χ3v) is 5.60. The summed E-state index contributed by atoms with van der Waals surface area (Å²) in [5.74, 6) is -2.59. The van der Waals surface area contributed by atoms with E-state index in [0.29, 0.717) is 10.6 Å². The fourth-order valence-electron chi connectivity index (χ4n) is 3.71. The molecule has 0 atom stereocenters. The zero-order valence-corrected chi connectivity index (χ0v) is 19.3. The van der Waals surface area contributed by atoms with E-state index in [4.69, 9.17) is 11.6 Å². The quantitative estimate of drug-likeness (QED) is 0.438. The van der Waals surface area contributed by atoms with Gasteiger partial charge in [0, 0.05) is 16.1 Å². The molecule has 0 fully saturated rings. The summed E-state index contributed by atoms with van der Waals surface area (Å²) >= 11 is 6.05. The molecule has 0 heterocycles. The van der Waals surface area contributed by atoms with E-state index in [0.717, 1.165) is 16.7 Å². The number of hydrogen-bond acceptors (Lipinski definition) is 4. The Kier molecular flexibility index (Phi) is 6.79. The van der Waals surface area contributed by atoms with E-state index in [1.54, 1.807) is 31.2 Å². The number of halogens is 1. The molecule has 33 heavy (non-hydrogen) atoms. The van der Waals surface area contributed by atoms with Crippen molar-refractivity contribution in [1.82, 2.24) is 0 Å². The molecule has 3 aromatic rings. The average molecular weight is 464 g/mol. The van der Waals surface area contributed by atoms with Crippen molar-refractivity contribution >= 4 is 40.7 Å². The van der Waals surface area contributed by atoms with Gasteiger partial charge >= 0.3 is 5.97 Å². The second kappa shape index (κ2) is 9.38. The van der Waals surface area contributed by atoms with Crippen LogP contribution in [0.2, 0.25) is 5.02 Å². The van der Waals surface area contributed by atoms with Crippen LogP contribution in [-0.4, -0.2) is 28.5 Å². The van der Waals surface area contributed by atoms with Crippen LogP contribution in [-0.2, 0) is 0 Å². The minimum Gasteiger partial charge on any atom is -0.478 e.